The molecule has 0 fully saturated rings. The number of ether oxygens (including phenoxy) is 2. The first-order valence-corrected chi connectivity index (χ1v) is 10.8. The fourth-order valence-electron chi connectivity index (χ4n) is 2.31. The van der Waals surface area contributed by atoms with Crippen LogP contribution in [0.5, 0.6) is 11.5 Å². The summed E-state index contributed by atoms with van der Waals surface area (Å²) in [4.78, 5) is 2.41. The van der Waals surface area contributed by atoms with Crippen LogP contribution in [0.25, 0.3) is 0 Å². The number of aryl methyl sites for hydroxylation is 2. The first-order chi connectivity index (χ1) is 12.8. The molecule has 0 saturated carbocycles. The Morgan fingerprint density at radius 2 is 1.78 bits per heavy atom. The van der Waals surface area contributed by atoms with E-state index in [0.717, 1.165) is 11.1 Å². The van der Waals surface area contributed by atoms with Crippen molar-refractivity contribution in [2.75, 3.05) is 13.2 Å². The molecular formula is C19H23BrN2O4S. The molecule has 0 heterocycles. The predicted molar refractivity (Wildman–Crippen MR) is 110 cm³/mol. The highest BCUT2D eigenvalue weighted by Crippen LogP contribution is 2.36. The highest BCUT2D eigenvalue weighted by Gasteiger charge is 2.14. The zero-order valence-corrected chi connectivity index (χ0v) is 18.1. The molecule has 0 atom stereocenters. The van der Waals surface area contributed by atoms with Gasteiger partial charge in [0.15, 0.2) is 11.5 Å². The van der Waals surface area contributed by atoms with Crippen molar-refractivity contribution in [1.82, 2.24) is 4.83 Å². The van der Waals surface area contributed by atoms with E-state index >= 15 is 0 Å². The summed E-state index contributed by atoms with van der Waals surface area (Å²) in [5.41, 5.74) is 2.59. The average molecular weight is 455 g/mol. The molecule has 6 nitrogen and oxygen atoms in total. The molecule has 0 spiro atoms. The van der Waals surface area contributed by atoms with Crippen LogP contribution < -0.4 is 14.3 Å². The number of nitrogens with zero attached hydrogens (tertiary/aromatic N) is 1. The van der Waals surface area contributed by atoms with Gasteiger partial charge in [0.25, 0.3) is 10.0 Å². The van der Waals surface area contributed by atoms with Crippen molar-refractivity contribution in [3.63, 3.8) is 0 Å². The fourth-order valence-corrected chi connectivity index (χ4v) is 3.76. The van der Waals surface area contributed by atoms with Crippen molar-refractivity contribution >= 4 is 32.2 Å². The third-order valence-electron chi connectivity index (χ3n) is 3.80. The Labute approximate surface area is 168 Å². The van der Waals surface area contributed by atoms with E-state index in [1.54, 1.807) is 30.3 Å². The zero-order chi connectivity index (χ0) is 20.0. The van der Waals surface area contributed by atoms with E-state index in [9.17, 15) is 8.42 Å². The Kier molecular flexibility index (Phi) is 7.26. The molecule has 0 aromatic heterocycles. The first kappa shape index (κ1) is 21.2. The van der Waals surface area contributed by atoms with Gasteiger partial charge in [-0.2, -0.15) is 13.5 Å². The van der Waals surface area contributed by atoms with Crippen LogP contribution in [0.1, 0.15) is 30.5 Å². The van der Waals surface area contributed by atoms with E-state index in [1.807, 2.05) is 27.7 Å². The zero-order valence-electron chi connectivity index (χ0n) is 15.7. The molecule has 0 aliphatic carbocycles. The van der Waals surface area contributed by atoms with E-state index in [0.29, 0.717) is 34.7 Å². The van der Waals surface area contributed by atoms with Crippen molar-refractivity contribution in [2.45, 2.75) is 32.6 Å². The molecule has 146 valence electrons. The summed E-state index contributed by atoms with van der Waals surface area (Å²) < 4.78 is 36.6. The van der Waals surface area contributed by atoms with Crippen molar-refractivity contribution in [3.8, 4) is 11.5 Å². The molecule has 0 unspecified atom stereocenters. The minimum absolute atomic E-state index is 0.172. The Hall–Kier alpha value is -2.06. The third kappa shape index (κ3) is 5.46. The summed E-state index contributed by atoms with van der Waals surface area (Å²) in [5.74, 6) is 1.17. The Balaban J connectivity index is 2.23. The third-order valence-corrected chi connectivity index (χ3v) is 5.60. The topological polar surface area (TPSA) is 77.0 Å². The Morgan fingerprint density at radius 1 is 1.07 bits per heavy atom. The van der Waals surface area contributed by atoms with Crippen LogP contribution in [0.2, 0.25) is 0 Å². The van der Waals surface area contributed by atoms with Gasteiger partial charge in [-0.25, -0.2) is 4.83 Å². The number of benzene rings is 2. The second-order valence-electron chi connectivity index (χ2n) is 5.80. The maximum atomic E-state index is 12.4. The van der Waals surface area contributed by atoms with Gasteiger partial charge < -0.3 is 9.47 Å². The van der Waals surface area contributed by atoms with E-state index in [-0.39, 0.29) is 4.90 Å². The maximum Gasteiger partial charge on any atom is 0.276 e. The molecule has 2 aromatic carbocycles. The molecule has 0 aliphatic rings. The minimum atomic E-state index is -3.73. The van der Waals surface area contributed by atoms with Crippen molar-refractivity contribution < 1.29 is 17.9 Å². The van der Waals surface area contributed by atoms with E-state index < -0.39 is 10.0 Å². The van der Waals surface area contributed by atoms with Crippen LogP contribution in [0.15, 0.2) is 44.8 Å². The van der Waals surface area contributed by atoms with Gasteiger partial charge in [0.2, 0.25) is 0 Å². The number of nitrogens with one attached hydrogen (secondary N) is 1. The lowest BCUT2D eigenvalue weighted by atomic mass is 10.1. The quantitative estimate of drug-likeness (QED) is 0.479. The van der Waals surface area contributed by atoms with Crippen LogP contribution in [0, 0.1) is 13.8 Å². The van der Waals surface area contributed by atoms with Crippen LogP contribution in [0.4, 0.5) is 0 Å². The fraction of sp³-hybridized carbons (Fsp3) is 0.316. The van der Waals surface area contributed by atoms with Crippen LogP contribution >= 0.6 is 15.9 Å². The lowest BCUT2D eigenvalue weighted by Gasteiger charge is -2.13. The molecule has 0 saturated heterocycles. The summed E-state index contributed by atoms with van der Waals surface area (Å²) in [6.07, 6.45) is 1.42. The SMILES string of the molecule is CCOc1cc(/C=N/NS(=O)(=O)c2ccc(C)c(C)c2)cc(Br)c1OCC. The van der Waals surface area contributed by atoms with Gasteiger partial charge in [-0.15, -0.1) is 0 Å². The molecule has 0 radical (unpaired) electrons. The van der Waals surface area contributed by atoms with E-state index in [4.69, 9.17) is 9.47 Å². The van der Waals surface area contributed by atoms with Crippen molar-refractivity contribution in [2.24, 2.45) is 5.10 Å². The van der Waals surface area contributed by atoms with Gasteiger partial charge in [0.1, 0.15) is 0 Å². The smallest absolute Gasteiger partial charge is 0.276 e. The second kappa shape index (κ2) is 9.23. The normalized spacial score (nSPS) is 11.6. The van der Waals surface area contributed by atoms with Crippen LogP contribution in [0.3, 0.4) is 0 Å². The summed E-state index contributed by atoms with van der Waals surface area (Å²) in [7, 11) is -3.73. The van der Waals surface area contributed by atoms with Crippen molar-refractivity contribution in [3.05, 3.63) is 51.5 Å². The molecule has 8 heteroatoms. The highest BCUT2D eigenvalue weighted by molar-refractivity contribution is 9.10. The van der Waals surface area contributed by atoms with Gasteiger partial charge in [0.05, 0.1) is 28.8 Å². The molecule has 2 rings (SSSR count). The summed E-state index contributed by atoms with van der Waals surface area (Å²) in [5, 5.41) is 3.88. The number of halogens is 1. The minimum Gasteiger partial charge on any atom is -0.490 e. The van der Waals surface area contributed by atoms with Gasteiger partial charge >= 0.3 is 0 Å². The lowest BCUT2D eigenvalue weighted by Crippen LogP contribution is -2.18. The number of rotatable bonds is 8. The first-order valence-electron chi connectivity index (χ1n) is 8.49. The summed E-state index contributed by atoms with van der Waals surface area (Å²) >= 11 is 3.45. The lowest BCUT2D eigenvalue weighted by molar-refractivity contribution is 0.286. The molecular weight excluding hydrogens is 432 g/mol. The molecule has 0 bridgehead atoms. The van der Waals surface area contributed by atoms with Gasteiger partial charge in [-0.3, -0.25) is 0 Å². The molecule has 27 heavy (non-hydrogen) atoms. The second-order valence-corrected chi connectivity index (χ2v) is 8.31. The maximum absolute atomic E-state index is 12.4. The van der Waals surface area contributed by atoms with E-state index in [1.165, 1.54) is 6.21 Å². The molecule has 1 N–H and O–H groups in total. The number of hydrazone groups is 1. The van der Waals surface area contributed by atoms with Crippen LogP contribution in [-0.4, -0.2) is 27.8 Å². The Morgan fingerprint density at radius 3 is 2.41 bits per heavy atom. The summed E-state index contributed by atoms with van der Waals surface area (Å²) in [6, 6.07) is 8.47. The van der Waals surface area contributed by atoms with Gasteiger partial charge in [-0.1, -0.05) is 6.07 Å². The number of hydrogen-bond acceptors (Lipinski definition) is 5. The van der Waals surface area contributed by atoms with Gasteiger partial charge in [0, 0.05) is 0 Å². The van der Waals surface area contributed by atoms with Gasteiger partial charge in [-0.05, 0) is 84.6 Å². The molecule has 2 aromatic rings. The highest BCUT2D eigenvalue weighted by atomic mass is 79.9. The largest absolute Gasteiger partial charge is 0.490 e. The summed E-state index contributed by atoms with van der Waals surface area (Å²) in [6.45, 7) is 8.54. The van der Waals surface area contributed by atoms with Crippen molar-refractivity contribution in [1.29, 1.82) is 0 Å². The molecule has 0 aliphatic heterocycles. The standard InChI is InChI=1S/C19H23BrN2O4S/c1-5-25-18-11-15(10-17(20)19(18)26-6-2)12-21-22-27(23,24)16-8-7-13(3)14(4)9-16/h7-12,22H,5-6H2,1-4H3/b21-12+. The van der Waals surface area contributed by atoms with E-state index in [2.05, 4.69) is 25.9 Å². The Bertz CT molecular complexity index is 943. The molecule has 0 amide bonds. The van der Waals surface area contributed by atoms with Crippen LogP contribution in [-0.2, 0) is 10.0 Å². The average Bonchev–Trinajstić information content (AvgIpc) is 2.60. The monoisotopic (exact) mass is 454 g/mol. The number of hydrogen-bond donors (Lipinski definition) is 1. The number of sulfonamides is 1. The predicted octanol–water partition coefficient (Wildman–Crippen LogP) is 4.18.